The third kappa shape index (κ3) is 5.83. The van der Waals surface area contributed by atoms with Crippen LogP contribution in [0.25, 0.3) is 0 Å². The van der Waals surface area contributed by atoms with Crippen LogP contribution < -0.4 is 5.32 Å². The van der Waals surface area contributed by atoms with Gasteiger partial charge in [0.2, 0.25) is 5.91 Å². The molecule has 10 heteroatoms. The zero-order valence-electron chi connectivity index (χ0n) is 16.0. The van der Waals surface area contributed by atoms with E-state index in [0.717, 1.165) is 30.9 Å². The number of carbonyl (C=O) groups is 1. The molecule has 2 heterocycles. The summed E-state index contributed by atoms with van der Waals surface area (Å²) >= 11 is 0.831. The van der Waals surface area contributed by atoms with Gasteiger partial charge in [-0.1, -0.05) is 11.8 Å². The van der Waals surface area contributed by atoms with Gasteiger partial charge in [-0.3, -0.25) is 9.69 Å². The third-order valence-corrected chi connectivity index (χ3v) is 5.43. The van der Waals surface area contributed by atoms with Crippen molar-refractivity contribution in [3.05, 3.63) is 22.9 Å². The summed E-state index contributed by atoms with van der Waals surface area (Å²) in [4.78, 5) is 18.4. The average molecular weight is 416 g/mol. The minimum atomic E-state index is -4.65. The molecule has 6 nitrogen and oxygen atoms in total. The predicted molar refractivity (Wildman–Crippen MR) is 98.9 cm³/mol. The number of amides is 1. The zero-order chi connectivity index (χ0) is 20.9. The summed E-state index contributed by atoms with van der Waals surface area (Å²) in [6, 6.07) is 2.41. The smallest absolute Gasteiger partial charge is 0.379 e. The first-order valence-electron chi connectivity index (χ1n) is 8.76. The zero-order valence-corrected chi connectivity index (χ0v) is 16.8. The van der Waals surface area contributed by atoms with Crippen molar-refractivity contribution in [2.24, 2.45) is 0 Å². The van der Waals surface area contributed by atoms with Gasteiger partial charge in [0.1, 0.15) is 11.1 Å². The van der Waals surface area contributed by atoms with E-state index in [0.29, 0.717) is 19.8 Å². The topological polar surface area (TPSA) is 78.2 Å². The summed E-state index contributed by atoms with van der Waals surface area (Å²) in [5.74, 6) is -0.450. The number of hydrogen-bond donors (Lipinski definition) is 1. The van der Waals surface area contributed by atoms with Gasteiger partial charge in [-0.2, -0.15) is 18.4 Å². The standard InChI is InChI=1S/C18H23F3N4O2S/c1-12-8-14(18(19,20)21)13(9-22)16(24-12)28-10-15(26)23-11-17(2,3)25-4-6-27-7-5-25/h8H,4-7,10-11H2,1-3H3,(H,23,26). The van der Waals surface area contributed by atoms with Crippen LogP contribution in [-0.2, 0) is 15.7 Å². The first kappa shape index (κ1) is 22.5. The molecule has 2 rings (SSSR count). The second-order valence-electron chi connectivity index (χ2n) is 7.08. The van der Waals surface area contributed by atoms with Gasteiger partial charge in [-0.15, -0.1) is 0 Å². The minimum absolute atomic E-state index is 0.0857. The van der Waals surface area contributed by atoms with Gasteiger partial charge in [0.05, 0.1) is 30.1 Å². The van der Waals surface area contributed by atoms with Crippen LogP contribution in [0.4, 0.5) is 13.2 Å². The fourth-order valence-electron chi connectivity index (χ4n) is 2.86. The maximum absolute atomic E-state index is 13.1. The van der Waals surface area contributed by atoms with Crippen LogP contribution >= 0.6 is 11.8 Å². The summed E-state index contributed by atoms with van der Waals surface area (Å²) in [5, 5.41) is 11.9. The number of nitriles is 1. The number of carbonyl (C=O) groups excluding carboxylic acids is 1. The Bertz CT molecular complexity index is 756. The average Bonchev–Trinajstić information content (AvgIpc) is 2.64. The van der Waals surface area contributed by atoms with Crippen molar-refractivity contribution >= 4 is 17.7 Å². The normalized spacial score (nSPS) is 15.9. The van der Waals surface area contributed by atoms with Crippen LogP contribution in [0.3, 0.4) is 0 Å². The lowest BCUT2D eigenvalue weighted by Crippen LogP contribution is -2.55. The Labute approximate surface area is 166 Å². The van der Waals surface area contributed by atoms with Crippen LogP contribution in [-0.4, -0.2) is 59.9 Å². The largest absolute Gasteiger partial charge is 0.417 e. The number of hydrogen-bond acceptors (Lipinski definition) is 6. The molecule has 1 fully saturated rings. The highest BCUT2D eigenvalue weighted by molar-refractivity contribution is 8.00. The van der Waals surface area contributed by atoms with Crippen molar-refractivity contribution in [1.29, 1.82) is 5.26 Å². The highest BCUT2D eigenvalue weighted by atomic mass is 32.2. The number of aromatic nitrogens is 1. The number of pyridine rings is 1. The number of rotatable bonds is 6. The summed E-state index contributed by atoms with van der Waals surface area (Å²) in [7, 11) is 0. The van der Waals surface area contributed by atoms with Crippen molar-refractivity contribution in [2.75, 3.05) is 38.6 Å². The lowest BCUT2D eigenvalue weighted by molar-refractivity contribution is -0.138. The van der Waals surface area contributed by atoms with E-state index < -0.39 is 17.3 Å². The highest BCUT2D eigenvalue weighted by Gasteiger charge is 2.35. The van der Waals surface area contributed by atoms with Crippen molar-refractivity contribution in [2.45, 2.75) is 37.5 Å². The van der Waals surface area contributed by atoms with Crippen LogP contribution in [0.2, 0.25) is 0 Å². The van der Waals surface area contributed by atoms with Gasteiger partial charge < -0.3 is 10.1 Å². The summed E-state index contributed by atoms with van der Waals surface area (Å²) in [5.41, 5.74) is -1.71. The molecule has 1 aliphatic rings. The Hall–Kier alpha value is -1.83. The Morgan fingerprint density at radius 1 is 1.39 bits per heavy atom. The predicted octanol–water partition coefficient (Wildman–Crippen LogP) is 2.60. The molecule has 0 radical (unpaired) electrons. The molecular weight excluding hydrogens is 393 g/mol. The molecule has 1 aliphatic heterocycles. The SMILES string of the molecule is Cc1cc(C(F)(F)F)c(C#N)c(SCC(=O)NCC(C)(C)N2CCOCC2)n1. The molecule has 0 aliphatic carbocycles. The molecule has 0 spiro atoms. The van der Waals surface area contributed by atoms with Crippen LogP contribution in [0.1, 0.15) is 30.7 Å². The van der Waals surface area contributed by atoms with E-state index in [1.165, 1.54) is 6.92 Å². The minimum Gasteiger partial charge on any atom is -0.379 e. The van der Waals surface area contributed by atoms with E-state index in [1.54, 1.807) is 6.07 Å². The van der Waals surface area contributed by atoms with Gasteiger partial charge in [-0.25, -0.2) is 4.98 Å². The van der Waals surface area contributed by atoms with E-state index in [4.69, 9.17) is 10.00 Å². The van der Waals surface area contributed by atoms with Crippen molar-refractivity contribution in [3.63, 3.8) is 0 Å². The molecule has 0 saturated carbocycles. The molecule has 0 bridgehead atoms. The van der Waals surface area contributed by atoms with Gasteiger partial charge >= 0.3 is 6.18 Å². The van der Waals surface area contributed by atoms with E-state index in [-0.39, 0.29) is 27.9 Å². The Kier molecular flexibility index (Phi) is 7.31. The molecule has 1 N–H and O–H groups in total. The number of nitrogens with zero attached hydrogens (tertiary/aromatic N) is 3. The Morgan fingerprint density at radius 2 is 2.04 bits per heavy atom. The van der Waals surface area contributed by atoms with Crippen LogP contribution in [0.5, 0.6) is 0 Å². The lowest BCUT2D eigenvalue weighted by atomic mass is 10.0. The Morgan fingerprint density at radius 3 is 2.61 bits per heavy atom. The molecule has 1 aromatic heterocycles. The first-order valence-corrected chi connectivity index (χ1v) is 9.74. The Balaban J connectivity index is 1.99. The number of morpholine rings is 1. The number of thioether (sulfide) groups is 1. The van der Waals surface area contributed by atoms with Crippen molar-refractivity contribution in [1.82, 2.24) is 15.2 Å². The van der Waals surface area contributed by atoms with Gasteiger partial charge in [0, 0.05) is 30.9 Å². The maximum atomic E-state index is 13.1. The van der Waals surface area contributed by atoms with Crippen LogP contribution in [0.15, 0.2) is 11.1 Å². The number of alkyl halides is 3. The van der Waals surface area contributed by atoms with E-state index in [2.05, 4.69) is 15.2 Å². The van der Waals surface area contributed by atoms with Crippen molar-refractivity contribution < 1.29 is 22.7 Å². The second kappa shape index (κ2) is 9.11. The number of aryl methyl sites for hydroxylation is 1. The number of nitrogens with one attached hydrogen (secondary N) is 1. The molecule has 0 atom stereocenters. The quantitative estimate of drug-likeness (QED) is 0.719. The molecule has 0 aromatic carbocycles. The van der Waals surface area contributed by atoms with Crippen molar-refractivity contribution in [3.8, 4) is 6.07 Å². The summed E-state index contributed by atoms with van der Waals surface area (Å²) in [6.45, 7) is 8.68. The molecule has 1 aromatic rings. The fraction of sp³-hybridized carbons (Fsp3) is 0.611. The van der Waals surface area contributed by atoms with E-state index in [9.17, 15) is 18.0 Å². The summed E-state index contributed by atoms with van der Waals surface area (Å²) < 4.78 is 44.8. The monoisotopic (exact) mass is 416 g/mol. The van der Waals surface area contributed by atoms with Crippen LogP contribution in [0, 0.1) is 18.3 Å². The second-order valence-corrected chi connectivity index (χ2v) is 8.04. The van der Waals surface area contributed by atoms with E-state index in [1.807, 2.05) is 13.8 Å². The molecular formula is C18H23F3N4O2S. The summed E-state index contributed by atoms with van der Waals surface area (Å²) in [6.07, 6.45) is -4.65. The highest BCUT2D eigenvalue weighted by Crippen LogP contribution is 2.35. The molecule has 0 unspecified atom stereocenters. The number of ether oxygens (including phenoxy) is 1. The lowest BCUT2D eigenvalue weighted by Gasteiger charge is -2.40. The fourth-order valence-corrected chi connectivity index (χ4v) is 3.74. The molecule has 1 saturated heterocycles. The first-order chi connectivity index (χ1) is 13.0. The van der Waals surface area contributed by atoms with Gasteiger partial charge in [-0.05, 0) is 26.8 Å². The molecule has 28 heavy (non-hydrogen) atoms. The third-order valence-electron chi connectivity index (χ3n) is 4.46. The maximum Gasteiger partial charge on any atom is 0.417 e. The number of halogens is 3. The van der Waals surface area contributed by atoms with E-state index >= 15 is 0 Å². The van der Waals surface area contributed by atoms with Gasteiger partial charge in [0.15, 0.2) is 0 Å². The van der Waals surface area contributed by atoms with Gasteiger partial charge in [0.25, 0.3) is 0 Å². The molecule has 1 amide bonds. The molecule has 154 valence electrons.